The Morgan fingerprint density at radius 1 is 1.32 bits per heavy atom. The van der Waals surface area contributed by atoms with E-state index in [0.29, 0.717) is 37.3 Å². The predicted octanol–water partition coefficient (Wildman–Crippen LogP) is 3.37. The van der Waals surface area contributed by atoms with Crippen molar-refractivity contribution < 1.29 is 28.6 Å². The fourth-order valence-corrected chi connectivity index (χ4v) is 4.07. The molecule has 0 radical (unpaired) electrons. The summed E-state index contributed by atoms with van der Waals surface area (Å²) in [5.41, 5.74) is 1.23. The number of aliphatic carboxylic acids is 1. The van der Waals surface area contributed by atoms with Crippen molar-refractivity contribution >= 4 is 12.1 Å². The number of hydrogen-bond donors (Lipinski definition) is 2. The van der Waals surface area contributed by atoms with Crippen LogP contribution in [-0.4, -0.2) is 49.9 Å². The first kappa shape index (κ1) is 23.9. The molecule has 2 fully saturated rings. The minimum absolute atomic E-state index is 0.000616. The van der Waals surface area contributed by atoms with Crippen molar-refractivity contribution in [2.45, 2.75) is 65.0 Å². The summed E-state index contributed by atoms with van der Waals surface area (Å²) in [6.07, 6.45) is 3.68. The van der Waals surface area contributed by atoms with Gasteiger partial charge in [-0.3, -0.25) is 4.79 Å². The average molecular weight is 476 g/mol. The second-order valence-electron chi connectivity index (χ2n) is 9.59. The molecule has 11 heteroatoms. The lowest BCUT2D eigenvalue weighted by molar-refractivity contribution is -0.143. The highest BCUT2D eigenvalue weighted by molar-refractivity contribution is 5.70. The molecule has 2 aromatic heterocycles. The van der Waals surface area contributed by atoms with Crippen LogP contribution in [0.5, 0.6) is 5.75 Å². The zero-order valence-electron chi connectivity index (χ0n) is 19.6. The Kier molecular flexibility index (Phi) is 6.72. The summed E-state index contributed by atoms with van der Waals surface area (Å²) >= 11 is 0. The fourth-order valence-electron chi connectivity index (χ4n) is 4.07. The normalized spacial score (nSPS) is 21.1. The Labute approximate surface area is 196 Å². The van der Waals surface area contributed by atoms with Crippen LogP contribution in [0.15, 0.2) is 6.07 Å². The average Bonchev–Trinajstić information content (AvgIpc) is 3.43. The number of carboxylic acids is 1. The summed E-state index contributed by atoms with van der Waals surface area (Å²) in [5, 5.41) is 20.0. The first-order valence-corrected chi connectivity index (χ1v) is 11.5. The molecule has 2 aliphatic carbocycles. The van der Waals surface area contributed by atoms with E-state index in [9.17, 15) is 14.7 Å². The third-order valence-corrected chi connectivity index (χ3v) is 6.61. The van der Waals surface area contributed by atoms with E-state index < -0.39 is 23.8 Å². The smallest absolute Gasteiger partial charge is 0.407 e. The van der Waals surface area contributed by atoms with Gasteiger partial charge in [-0.15, -0.1) is 5.10 Å². The van der Waals surface area contributed by atoms with Crippen molar-refractivity contribution in [1.82, 2.24) is 25.3 Å². The van der Waals surface area contributed by atoms with Crippen LogP contribution in [0.2, 0.25) is 0 Å². The van der Waals surface area contributed by atoms with Crippen LogP contribution in [0.25, 0.3) is 11.4 Å². The molecule has 4 rings (SSSR count). The van der Waals surface area contributed by atoms with Gasteiger partial charge >= 0.3 is 12.1 Å². The highest BCUT2D eigenvalue weighted by atomic mass is 19.1. The number of amides is 1. The van der Waals surface area contributed by atoms with Crippen LogP contribution in [0.3, 0.4) is 0 Å². The molecule has 184 valence electrons. The molecule has 2 aromatic rings. The van der Waals surface area contributed by atoms with Crippen LogP contribution in [0.1, 0.15) is 56.8 Å². The first-order chi connectivity index (χ1) is 16.1. The van der Waals surface area contributed by atoms with E-state index >= 15 is 4.39 Å². The maximum atomic E-state index is 15.1. The van der Waals surface area contributed by atoms with Crippen molar-refractivity contribution in [3.05, 3.63) is 23.3 Å². The summed E-state index contributed by atoms with van der Waals surface area (Å²) in [6.45, 7) is 4.16. The molecule has 2 heterocycles. The quantitative estimate of drug-likeness (QED) is 0.595. The van der Waals surface area contributed by atoms with Crippen molar-refractivity contribution in [2.24, 2.45) is 18.4 Å². The summed E-state index contributed by atoms with van der Waals surface area (Å²) < 4.78 is 27.7. The van der Waals surface area contributed by atoms with E-state index in [1.807, 2.05) is 0 Å². The van der Waals surface area contributed by atoms with Gasteiger partial charge in [0.15, 0.2) is 5.82 Å². The number of carbonyl (C=O) groups is 2. The van der Waals surface area contributed by atoms with E-state index in [-0.39, 0.29) is 35.2 Å². The minimum atomic E-state index is -0.834. The van der Waals surface area contributed by atoms with Gasteiger partial charge < -0.3 is 19.9 Å². The van der Waals surface area contributed by atoms with Crippen molar-refractivity contribution in [1.29, 1.82) is 0 Å². The van der Waals surface area contributed by atoms with Crippen LogP contribution < -0.4 is 10.1 Å². The van der Waals surface area contributed by atoms with Crippen LogP contribution >= 0.6 is 0 Å². The lowest BCUT2D eigenvalue weighted by Crippen LogP contribution is -2.29. The van der Waals surface area contributed by atoms with Crippen LogP contribution in [0, 0.1) is 24.1 Å². The molecular formula is C23H30FN5O5. The SMILES string of the molecule is Cc1nc(-c2nnn(C)c2CNC(=O)OCC2(C)CC2)c(F)cc1O[C@H]1CCC[C@H](C(=O)O)C1. The number of ether oxygens (including phenoxy) is 2. The van der Waals surface area contributed by atoms with Gasteiger partial charge in [0.05, 0.1) is 36.6 Å². The molecule has 34 heavy (non-hydrogen) atoms. The molecule has 2 aliphatic rings. The number of aromatic nitrogens is 4. The third kappa shape index (κ3) is 5.45. The molecule has 0 unspecified atom stereocenters. The highest BCUT2D eigenvalue weighted by Gasteiger charge is 2.38. The van der Waals surface area contributed by atoms with Gasteiger partial charge in [-0.05, 0) is 45.4 Å². The molecule has 0 bridgehead atoms. The number of pyridine rings is 1. The van der Waals surface area contributed by atoms with Gasteiger partial charge in [0.2, 0.25) is 0 Å². The van der Waals surface area contributed by atoms with E-state index in [4.69, 9.17) is 9.47 Å². The second kappa shape index (κ2) is 9.55. The topological polar surface area (TPSA) is 128 Å². The maximum absolute atomic E-state index is 15.1. The molecule has 2 atom stereocenters. The number of nitrogens with one attached hydrogen (secondary N) is 1. The number of rotatable bonds is 8. The molecule has 0 saturated heterocycles. The number of carbonyl (C=O) groups excluding carboxylic acids is 1. The van der Waals surface area contributed by atoms with Gasteiger partial charge in [-0.25, -0.2) is 18.9 Å². The summed E-state index contributed by atoms with van der Waals surface area (Å²) in [5.74, 6) is -1.65. The monoisotopic (exact) mass is 475 g/mol. The maximum Gasteiger partial charge on any atom is 0.407 e. The fraction of sp³-hybridized carbons (Fsp3) is 0.609. The molecule has 2 N–H and O–H groups in total. The molecule has 2 saturated carbocycles. The van der Waals surface area contributed by atoms with Gasteiger partial charge in [-0.2, -0.15) is 0 Å². The molecule has 0 aliphatic heterocycles. The van der Waals surface area contributed by atoms with Crippen LogP contribution in [0.4, 0.5) is 9.18 Å². The van der Waals surface area contributed by atoms with E-state index in [1.54, 1.807) is 14.0 Å². The largest absolute Gasteiger partial charge is 0.488 e. The predicted molar refractivity (Wildman–Crippen MR) is 118 cm³/mol. The van der Waals surface area contributed by atoms with E-state index in [0.717, 1.165) is 19.3 Å². The van der Waals surface area contributed by atoms with Crippen LogP contribution in [-0.2, 0) is 23.1 Å². The van der Waals surface area contributed by atoms with Gasteiger partial charge in [0.25, 0.3) is 0 Å². The van der Waals surface area contributed by atoms with Crippen molar-refractivity contribution in [2.75, 3.05) is 6.61 Å². The standard InChI is InChI=1S/C23H30FN5O5/c1-13-18(34-15-6-4-5-14(9-15)21(30)31)10-16(24)19(26-13)20-17(29(3)28-27-20)11-25-22(32)33-12-23(2)7-8-23/h10,14-15H,4-9,11-12H2,1-3H3,(H,25,32)(H,30,31)/t14-,15-/m0/s1. The number of nitrogens with zero attached hydrogens (tertiary/aromatic N) is 4. The van der Waals surface area contributed by atoms with Gasteiger partial charge in [0.1, 0.15) is 17.1 Å². The molecule has 10 nitrogen and oxygen atoms in total. The third-order valence-electron chi connectivity index (χ3n) is 6.61. The number of aryl methyl sites for hydroxylation is 2. The number of alkyl carbamates (subject to hydrolysis) is 1. The highest BCUT2D eigenvalue weighted by Crippen LogP contribution is 2.45. The molecular weight excluding hydrogens is 445 g/mol. The Hall–Kier alpha value is -3.24. The summed E-state index contributed by atoms with van der Waals surface area (Å²) in [7, 11) is 1.65. The first-order valence-electron chi connectivity index (χ1n) is 11.5. The molecule has 0 spiro atoms. The van der Waals surface area contributed by atoms with Crippen molar-refractivity contribution in [3.63, 3.8) is 0 Å². The number of hydrogen-bond acceptors (Lipinski definition) is 7. The summed E-state index contributed by atoms with van der Waals surface area (Å²) in [4.78, 5) is 27.7. The lowest BCUT2D eigenvalue weighted by Gasteiger charge is -2.27. The second-order valence-corrected chi connectivity index (χ2v) is 9.59. The Morgan fingerprint density at radius 3 is 2.79 bits per heavy atom. The zero-order valence-corrected chi connectivity index (χ0v) is 19.6. The Bertz CT molecular complexity index is 1080. The molecule has 0 aromatic carbocycles. The number of halogens is 1. The van der Waals surface area contributed by atoms with Gasteiger partial charge in [-0.1, -0.05) is 12.1 Å². The Morgan fingerprint density at radius 2 is 2.09 bits per heavy atom. The van der Waals surface area contributed by atoms with Crippen molar-refractivity contribution in [3.8, 4) is 17.1 Å². The number of carboxylic acid groups (broad SMARTS) is 1. The lowest BCUT2D eigenvalue weighted by atomic mass is 9.87. The van der Waals surface area contributed by atoms with Gasteiger partial charge in [0, 0.05) is 18.5 Å². The zero-order chi connectivity index (χ0) is 24.5. The summed E-state index contributed by atoms with van der Waals surface area (Å²) in [6, 6.07) is 1.25. The van der Waals surface area contributed by atoms with E-state index in [1.165, 1.54) is 10.7 Å². The minimum Gasteiger partial charge on any atom is -0.488 e. The molecule has 1 amide bonds. The Balaban J connectivity index is 1.45. The van der Waals surface area contributed by atoms with E-state index in [2.05, 4.69) is 27.5 Å².